The number of nitrogens with zero attached hydrogens (tertiary/aromatic N) is 1. The van der Waals surface area contributed by atoms with Crippen LogP contribution in [0.15, 0.2) is 28.9 Å². The summed E-state index contributed by atoms with van der Waals surface area (Å²) in [6.07, 6.45) is 6.21. The van der Waals surface area contributed by atoms with E-state index in [2.05, 4.69) is 18.5 Å². The van der Waals surface area contributed by atoms with Crippen molar-refractivity contribution >= 4 is 5.71 Å². The van der Waals surface area contributed by atoms with E-state index in [0.29, 0.717) is 6.04 Å². The van der Waals surface area contributed by atoms with Gasteiger partial charge in [0, 0.05) is 17.5 Å². The molecule has 0 atom stereocenters. The van der Waals surface area contributed by atoms with Crippen LogP contribution in [-0.2, 0) is 0 Å². The molecule has 1 rings (SSSR count). The van der Waals surface area contributed by atoms with E-state index in [4.69, 9.17) is 5.73 Å². The lowest BCUT2D eigenvalue weighted by Crippen LogP contribution is -2.04. The Kier molecular flexibility index (Phi) is 3.93. The van der Waals surface area contributed by atoms with Crippen molar-refractivity contribution < 1.29 is 0 Å². The van der Waals surface area contributed by atoms with Crippen LogP contribution in [-0.4, -0.2) is 11.8 Å². The van der Waals surface area contributed by atoms with Gasteiger partial charge in [-0.1, -0.05) is 19.9 Å². The van der Waals surface area contributed by atoms with E-state index in [0.717, 1.165) is 29.7 Å². The van der Waals surface area contributed by atoms with E-state index in [1.807, 2.05) is 6.92 Å². The van der Waals surface area contributed by atoms with Crippen LogP contribution in [0.4, 0.5) is 0 Å². The first-order valence-electron chi connectivity index (χ1n) is 5.33. The van der Waals surface area contributed by atoms with Gasteiger partial charge in [-0.3, -0.25) is 4.99 Å². The Labute approximate surface area is 86.6 Å². The van der Waals surface area contributed by atoms with Crippen molar-refractivity contribution in [3.63, 3.8) is 0 Å². The molecule has 0 aromatic rings. The maximum atomic E-state index is 5.60. The fourth-order valence-corrected chi connectivity index (χ4v) is 1.48. The normalized spacial score (nSPS) is 18.4. The van der Waals surface area contributed by atoms with Crippen LogP contribution in [0.2, 0.25) is 0 Å². The molecule has 0 aromatic heterocycles. The number of nitrogens with two attached hydrogens (primary N) is 1. The summed E-state index contributed by atoms with van der Waals surface area (Å²) in [5, 5.41) is 0. The molecule has 0 radical (unpaired) electrons. The summed E-state index contributed by atoms with van der Waals surface area (Å²) in [5.74, 6) is 0. The van der Waals surface area contributed by atoms with Crippen LogP contribution in [0.1, 0.15) is 39.5 Å². The van der Waals surface area contributed by atoms with Gasteiger partial charge in [0.05, 0.1) is 6.04 Å². The van der Waals surface area contributed by atoms with Crippen molar-refractivity contribution in [2.24, 2.45) is 10.7 Å². The minimum absolute atomic E-state index is 0.555. The minimum atomic E-state index is 0.555. The van der Waals surface area contributed by atoms with Crippen molar-refractivity contribution in [2.75, 3.05) is 0 Å². The molecular formula is C12H20N2. The molecule has 0 saturated heterocycles. The molecule has 0 spiro atoms. The van der Waals surface area contributed by atoms with Crippen LogP contribution in [0.5, 0.6) is 0 Å². The van der Waals surface area contributed by atoms with E-state index in [1.54, 1.807) is 6.20 Å². The maximum absolute atomic E-state index is 5.60. The van der Waals surface area contributed by atoms with Gasteiger partial charge in [0.25, 0.3) is 0 Å². The smallest absolute Gasteiger partial charge is 0.0504 e. The van der Waals surface area contributed by atoms with Crippen molar-refractivity contribution in [3.05, 3.63) is 23.9 Å². The number of hydrogen-bond donors (Lipinski definition) is 1. The molecule has 1 fully saturated rings. The fourth-order valence-electron chi connectivity index (χ4n) is 1.48. The number of aliphatic imine (C=N–C) groups is 1. The molecule has 14 heavy (non-hydrogen) atoms. The van der Waals surface area contributed by atoms with Crippen LogP contribution >= 0.6 is 0 Å². The lowest BCUT2D eigenvalue weighted by molar-refractivity contribution is 0.921. The molecule has 1 aliphatic rings. The summed E-state index contributed by atoms with van der Waals surface area (Å²) in [6, 6.07) is 0.555. The molecule has 0 amide bonds. The Morgan fingerprint density at radius 2 is 2.21 bits per heavy atom. The molecule has 1 aliphatic carbocycles. The van der Waals surface area contributed by atoms with Crippen LogP contribution in [0, 0.1) is 0 Å². The van der Waals surface area contributed by atoms with Gasteiger partial charge in [0.15, 0.2) is 0 Å². The monoisotopic (exact) mass is 192 g/mol. The Bertz CT molecular complexity index is 270. The van der Waals surface area contributed by atoms with E-state index >= 15 is 0 Å². The molecule has 0 aliphatic heterocycles. The third-order valence-electron chi connectivity index (χ3n) is 2.41. The average molecular weight is 192 g/mol. The highest BCUT2D eigenvalue weighted by Crippen LogP contribution is 2.25. The number of allylic oxidation sites excluding steroid dienone is 2. The predicted octanol–water partition coefficient (Wildman–Crippen LogP) is 2.81. The first-order chi connectivity index (χ1) is 6.69. The molecule has 2 heteroatoms. The van der Waals surface area contributed by atoms with Crippen LogP contribution in [0.3, 0.4) is 0 Å². The van der Waals surface area contributed by atoms with Crippen molar-refractivity contribution in [3.8, 4) is 0 Å². The van der Waals surface area contributed by atoms with Gasteiger partial charge in [-0.15, -0.1) is 0 Å². The highest BCUT2D eigenvalue weighted by molar-refractivity contribution is 6.02. The van der Waals surface area contributed by atoms with Crippen molar-refractivity contribution in [1.82, 2.24) is 0 Å². The first kappa shape index (κ1) is 11.0. The van der Waals surface area contributed by atoms with E-state index in [-0.39, 0.29) is 0 Å². The van der Waals surface area contributed by atoms with Crippen molar-refractivity contribution in [1.29, 1.82) is 0 Å². The third kappa shape index (κ3) is 3.02. The molecular weight excluding hydrogens is 172 g/mol. The summed E-state index contributed by atoms with van der Waals surface area (Å²) >= 11 is 0. The average Bonchev–Trinajstić information content (AvgIpc) is 2.90. The zero-order valence-electron chi connectivity index (χ0n) is 9.21. The number of hydrogen-bond acceptors (Lipinski definition) is 2. The minimum Gasteiger partial charge on any atom is -0.404 e. The summed E-state index contributed by atoms with van der Waals surface area (Å²) in [7, 11) is 0. The van der Waals surface area contributed by atoms with Gasteiger partial charge in [-0.25, -0.2) is 0 Å². The van der Waals surface area contributed by atoms with Gasteiger partial charge in [0.2, 0.25) is 0 Å². The van der Waals surface area contributed by atoms with Crippen LogP contribution in [0.25, 0.3) is 0 Å². The van der Waals surface area contributed by atoms with Gasteiger partial charge in [-0.05, 0) is 31.8 Å². The molecule has 0 heterocycles. The van der Waals surface area contributed by atoms with Gasteiger partial charge in [-0.2, -0.15) is 0 Å². The Morgan fingerprint density at radius 1 is 1.57 bits per heavy atom. The lowest BCUT2D eigenvalue weighted by atomic mass is 10.0. The predicted molar refractivity (Wildman–Crippen MR) is 62.4 cm³/mol. The highest BCUT2D eigenvalue weighted by Gasteiger charge is 2.20. The molecule has 0 bridgehead atoms. The third-order valence-corrected chi connectivity index (χ3v) is 2.41. The summed E-state index contributed by atoms with van der Waals surface area (Å²) in [4.78, 5) is 4.57. The molecule has 2 nitrogen and oxygen atoms in total. The second kappa shape index (κ2) is 4.99. The molecule has 78 valence electrons. The van der Waals surface area contributed by atoms with Gasteiger partial charge in [0.1, 0.15) is 0 Å². The summed E-state index contributed by atoms with van der Waals surface area (Å²) in [6.45, 7) is 8.21. The fraction of sp³-hybridized carbons (Fsp3) is 0.583. The first-order valence-corrected chi connectivity index (χ1v) is 5.33. The van der Waals surface area contributed by atoms with E-state index in [9.17, 15) is 0 Å². The van der Waals surface area contributed by atoms with E-state index < -0.39 is 0 Å². The Hall–Kier alpha value is -1.05. The Morgan fingerprint density at radius 3 is 2.64 bits per heavy atom. The maximum Gasteiger partial charge on any atom is 0.0504 e. The second-order valence-corrected chi connectivity index (χ2v) is 3.88. The van der Waals surface area contributed by atoms with Gasteiger partial charge < -0.3 is 5.73 Å². The SMILES string of the molecule is C=C(CCC)C(=CN)C(C)=NC1CC1. The molecule has 0 unspecified atom stereocenters. The highest BCUT2D eigenvalue weighted by atomic mass is 14.8. The lowest BCUT2D eigenvalue weighted by Gasteiger charge is -2.08. The van der Waals surface area contributed by atoms with Gasteiger partial charge >= 0.3 is 0 Å². The second-order valence-electron chi connectivity index (χ2n) is 3.88. The van der Waals surface area contributed by atoms with Crippen LogP contribution < -0.4 is 5.73 Å². The zero-order chi connectivity index (χ0) is 10.6. The Balaban J connectivity index is 2.65. The summed E-state index contributed by atoms with van der Waals surface area (Å²) < 4.78 is 0. The standard InChI is InChI=1S/C12H20N2/c1-4-5-9(2)12(8-13)10(3)14-11-6-7-11/h8,11H,2,4-7,13H2,1,3H3. The zero-order valence-corrected chi connectivity index (χ0v) is 9.21. The largest absolute Gasteiger partial charge is 0.404 e. The molecule has 1 saturated carbocycles. The number of rotatable bonds is 5. The van der Waals surface area contributed by atoms with Crippen molar-refractivity contribution in [2.45, 2.75) is 45.6 Å². The molecule has 0 aromatic carbocycles. The molecule has 2 N–H and O–H groups in total. The quantitative estimate of drug-likeness (QED) is 0.528. The van der Waals surface area contributed by atoms with E-state index in [1.165, 1.54) is 12.8 Å². The topological polar surface area (TPSA) is 38.4 Å². The summed E-state index contributed by atoms with van der Waals surface area (Å²) in [5.41, 5.74) is 8.80.